The van der Waals surface area contributed by atoms with Gasteiger partial charge in [0.2, 0.25) is 0 Å². The van der Waals surface area contributed by atoms with Crippen molar-refractivity contribution in [2.45, 2.75) is 32.8 Å². The van der Waals surface area contributed by atoms with Crippen LogP contribution in [0.3, 0.4) is 0 Å². The Labute approximate surface area is 173 Å². The number of hydrogen-bond acceptors (Lipinski definition) is 1. The molecule has 0 fully saturated rings. The molecule has 0 atom stereocenters. The van der Waals surface area contributed by atoms with Gasteiger partial charge in [0, 0.05) is 5.56 Å². The minimum absolute atomic E-state index is 0.215. The number of halogens is 1. The number of ether oxygens (including phenoxy) is 1. The maximum Gasteiger partial charge on any atom is 0.130 e. The van der Waals surface area contributed by atoms with Crippen LogP contribution in [0, 0.1) is 5.82 Å². The third-order valence-corrected chi connectivity index (χ3v) is 4.88. The van der Waals surface area contributed by atoms with E-state index in [0.29, 0.717) is 5.56 Å². The van der Waals surface area contributed by atoms with Gasteiger partial charge in [0.1, 0.15) is 18.2 Å². The number of benzene rings is 3. The van der Waals surface area contributed by atoms with Crippen molar-refractivity contribution in [3.8, 4) is 16.9 Å². The van der Waals surface area contributed by atoms with E-state index in [-0.39, 0.29) is 12.4 Å². The van der Waals surface area contributed by atoms with Crippen molar-refractivity contribution in [2.24, 2.45) is 0 Å². The Morgan fingerprint density at radius 2 is 1.55 bits per heavy atom. The van der Waals surface area contributed by atoms with E-state index in [4.69, 9.17) is 4.74 Å². The van der Waals surface area contributed by atoms with Crippen molar-refractivity contribution in [1.82, 2.24) is 0 Å². The first-order valence-corrected chi connectivity index (χ1v) is 10.0. The van der Waals surface area contributed by atoms with E-state index in [0.717, 1.165) is 36.1 Å². The average molecular weight is 387 g/mol. The lowest BCUT2D eigenvalue weighted by Crippen LogP contribution is -1.99. The van der Waals surface area contributed by atoms with Gasteiger partial charge in [0.15, 0.2) is 0 Å². The van der Waals surface area contributed by atoms with Crippen LogP contribution in [0.5, 0.6) is 5.75 Å². The summed E-state index contributed by atoms with van der Waals surface area (Å²) in [6, 6.07) is 21.9. The zero-order chi connectivity index (χ0) is 20.5. The molecule has 3 aromatic rings. The maximum absolute atomic E-state index is 14.3. The van der Waals surface area contributed by atoms with E-state index in [1.807, 2.05) is 43.3 Å². The third kappa shape index (κ3) is 5.92. The van der Waals surface area contributed by atoms with E-state index in [1.54, 1.807) is 12.1 Å². The summed E-state index contributed by atoms with van der Waals surface area (Å²) in [7, 11) is 0. The van der Waals surface area contributed by atoms with Gasteiger partial charge in [-0.15, -0.1) is 6.58 Å². The Morgan fingerprint density at radius 3 is 2.17 bits per heavy atom. The molecule has 0 spiro atoms. The quantitative estimate of drug-likeness (QED) is 0.350. The van der Waals surface area contributed by atoms with Crippen molar-refractivity contribution >= 4 is 0 Å². The summed E-state index contributed by atoms with van der Waals surface area (Å²) in [5, 5.41) is 0. The molecule has 0 saturated heterocycles. The standard InChI is InChI=1S/C27H27FO/c1-3-5-7-21-9-12-23(13-10-21)24-15-17-26(18-16-24)29-20-25-14-11-22(8-6-4-2)19-27(25)28/h3-5,9-19H,2,6-8,20H2,1H3/b5-3+. The van der Waals surface area contributed by atoms with E-state index < -0.39 is 0 Å². The van der Waals surface area contributed by atoms with Gasteiger partial charge in [0.05, 0.1) is 0 Å². The number of aryl methyl sites for hydroxylation is 1. The molecular formula is C27H27FO. The van der Waals surface area contributed by atoms with Crippen molar-refractivity contribution in [1.29, 1.82) is 0 Å². The summed E-state index contributed by atoms with van der Waals surface area (Å²) in [4.78, 5) is 0. The highest BCUT2D eigenvalue weighted by Crippen LogP contribution is 2.24. The zero-order valence-electron chi connectivity index (χ0n) is 16.9. The van der Waals surface area contributed by atoms with Gasteiger partial charge in [0.25, 0.3) is 0 Å². The van der Waals surface area contributed by atoms with E-state index in [1.165, 1.54) is 11.1 Å². The first-order chi connectivity index (χ1) is 14.2. The number of hydrogen-bond donors (Lipinski definition) is 0. The molecular weight excluding hydrogens is 359 g/mol. The molecule has 3 aromatic carbocycles. The predicted molar refractivity (Wildman–Crippen MR) is 120 cm³/mol. The van der Waals surface area contributed by atoms with Gasteiger partial charge in [-0.1, -0.05) is 66.8 Å². The molecule has 0 saturated carbocycles. The Kier molecular flexibility index (Phi) is 7.40. The fraction of sp³-hybridized carbons (Fsp3) is 0.185. The Balaban J connectivity index is 1.60. The SMILES string of the molecule is C=CCCc1ccc(COc2ccc(-c3ccc(C/C=C/C)cc3)cc2)c(F)c1. The van der Waals surface area contributed by atoms with Crippen LogP contribution in [-0.4, -0.2) is 0 Å². The average Bonchev–Trinajstić information content (AvgIpc) is 2.76. The first kappa shape index (κ1) is 20.6. The first-order valence-electron chi connectivity index (χ1n) is 10.0. The summed E-state index contributed by atoms with van der Waals surface area (Å²) >= 11 is 0. The molecule has 148 valence electrons. The molecule has 0 aromatic heterocycles. The van der Waals surface area contributed by atoms with Gasteiger partial charge < -0.3 is 4.74 Å². The lowest BCUT2D eigenvalue weighted by atomic mass is 10.0. The molecule has 0 amide bonds. The second-order valence-corrected chi connectivity index (χ2v) is 7.04. The van der Waals surface area contributed by atoms with Crippen LogP contribution in [0.4, 0.5) is 4.39 Å². The summed E-state index contributed by atoms with van der Waals surface area (Å²) < 4.78 is 20.1. The van der Waals surface area contributed by atoms with Crippen LogP contribution in [0.15, 0.2) is 91.5 Å². The van der Waals surface area contributed by atoms with Crippen molar-refractivity contribution in [3.05, 3.63) is 114 Å². The van der Waals surface area contributed by atoms with E-state index in [2.05, 4.69) is 43.0 Å². The van der Waals surface area contributed by atoms with Gasteiger partial charge in [-0.2, -0.15) is 0 Å². The van der Waals surface area contributed by atoms with Crippen LogP contribution < -0.4 is 4.74 Å². The minimum atomic E-state index is -0.221. The second-order valence-electron chi connectivity index (χ2n) is 7.04. The second kappa shape index (κ2) is 10.4. The van der Waals surface area contributed by atoms with E-state index >= 15 is 0 Å². The molecule has 29 heavy (non-hydrogen) atoms. The lowest BCUT2D eigenvalue weighted by Gasteiger charge is -2.10. The third-order valence-electron chi connectivity index (χ3n) is 4.88. The smallest absolute Gasteiger partial charge is 0.130 e. The highest BCUT2D eigenvalue weighted by Gasteiger charge is 2.05. The van der Waals surface area contributed by atoms with Gasteiger partial charge in [-0.05, 0) is 66.6 Å². The fourth-order valence-corrected chi connectivity index (χ4v) is 3.12. The molecule has 0 bridgehead atoms. The largest absolute Gasteiger partial charge is 0.489 e. The topological polar surface area (TPSA) is 9.23 Å². The highest BCUT2D eigenvalue weighted by molar-refractivity contribution is 5.64. The van der Waals surface area contributed by atoms with Crippen LogP contribution in [0.1, 0.15) is 30.0 Å². The molecule has 0 aliphatic rings. The van der Waals surface area contributed by atoms with Crippen LogP contribution in [-0.2, 0) is 19.4 Å². The van der Waals surface area contributed by atoms with Crippen LogP contribution in [0.2, 0.25) is 0 Å². The summed E-state index contributed by atoms with van der Waals surface area (Å²) in [6.45, 7) is 5.95. The van der Waals surface area contributed by atoms with Gasteiger partial charge in [-0.25, -0.2) is 4.39 Å². The van der Waals surface area contributed by atoms with Crippen LogP contribution >= 0.6 is 0 Å². The molecule has 0 aliphatic carbocycles. The normalized spacial score (nSPS) is 11.0. The Bertz CT molecular complexity index is 953. The molecule has 3 rings (SSSR count). The predicted octanol–water partition coefficient (Wildman–Crippen LogP) is 7.31. The molecule has 1 nitrogen and oxygen atoms in total. The number of allylic oxidation sites excluding steroid dienone is 3. The molecule has 0 aliphatic heterocycles. The van der Waals surface area contributed by atoms with Crippen molar-refractivity contribution in [3.63, 3.8) is 0 Å². The summed E-state index contributed by atoms with van der Waals surface area (Å²) in [6.07, 6.45) is 8.67. The molecule has 0 heterocycles. The fourth-order valence-electron chi connectivity index (χ4n) is 3.12. The van der Waals surface area contributed by atoms with Gasteiger partial charge in [-0.3, -0.25) is 0 Å². The molecule has 2 heteroatoms. The summed E-state index contributed by atoms with van der Waals surface area (Å²) in [5.41, 5.74) is 5.14. The lowest BCUT2D eigenvalue weighted by molar-refractivity contribution is 0.300. The van der Waals surface area contributed by atoms with Crippen LogP contribution in [0.25, 0.3) is 11.1 Å². The van der Waals surface area contributed by atoms with Crippen molar-refractivity contribution in [2.75, 3.05) is 0 Å². The molecule has 0 radical (unpaired) electrons. The highest BCUT2D eigenvalue weighted by atomic mass is 19.1. The summed E-state index contributed by atoms with van der Waals surface area (Å²) in [5.74, 6) is 0.509. The Morgan fingerprint density at radius 1 is 0.897 bits per heavy atom. The van der Waals surface area contributed by atoms with E-state index in [9.17, 15) is 4.39 Å². The molecule has 0 N–H and O–H groups in total. The van der Waals surface area contributed by atoms with Crippen molar-refractivity contribution < 1.29 is 9.13 Å². The number of rotatable bonds is 9. The maximum atomic E-state index is 14.3. The zero-order valence-corrected chi connectivity index (χ0v) is 16.9. The van der Waals surface area contributed by atoms with Gasteiger partial charge >= 0.3 is 0 Å². The molecule has 0 unspecified atom stereocenters. The monoisotopic (exact) mass is 386 g/mol. The Hall–Kier alpha value is -3.13. The minimum Gasteiger partial charge on any atom is -0.489 e.